The summed E-state index contributed by atoms with van der Waals surface area (Å²) in [4.78, 5) is 11.1. The first-order valence-electron chi connectivity index (χ1n) is 6.71. The summed E-state index contributed by atoms with van der Waals surface area (Å²) in [5, 5.41) is 6.96. The molecule has 0 radical (unpaired) electrons. The summed E-state index contributed by atoms with van der Waals surface area (Å²) in [5.41, 5.74) is 1.05. The number of aryl methyl sites for hydroxylation is 2. The summed E-state index contributed by atoms with van der Waals surface area (Å²) >= 11 is 1.66. The van der Waals surface area contributed by atoms with E-state index in [1.165, 1.54) is 0 Å². The molecule has 2 atom stereocenters. The second-order valence-corrected chi connectivity index (χ2v) is 5.93. The van der Waals surface area contributed by atoms with E-state index in [2.05, 4.69) is 32.3 Å². The molecule has 3 rings (SSSR count). The van der Waals surface area contributed by atoms with Gasteiger partial charge in [-0.05, 0) is 20.8 Å². The zero-order valence-corrected chi connectivity index (χ0v) is 12.7. The lowest BCUT2D eigenvalue weighted by Gasteiger charge is -2.34. The average Bonchev–Trinajstić information content (AvgIpc) is 3.07. The van der Waals surface area contributed by atoms with E-state index in [0.29, 0.717) is 18.3 Å². The van der Waals surface area contributed by atoms with Crippen LogP contribution in [-0.2, 0) is 4.74 Å². The van der Waals surface area contributed by atoms with Gasteiger partial charge in [-0.25, -0.2) is 4.98 Å². The van der Waals surface area contributed by atoms with E-state index in [-0.39, 0.29) is 12.1 Å². The van der Waals surface area contributed by atoms with E-state index in [4.69, 9.17) is 9.26 Å². The van der Waals surface area contributed by atoms with Gasteiger partial charge >= 0.3 is 0 Å². The Morgan fingerprint density at radius 2 is 2.25 bits per heavy atom. The molecule has 6 nitrogen and oxygen atoms in total. The van der Waals surface area contributed by atoms with Gasteiger partial charge in [0, 0.05) is 24.2 Å². The molecule has 0 amide bonds. The van der Waals surface area contributed by atoms with Crippen molar-refractivity contribution in [3.8, 4) is 0 Å². The number of nitrogens with zero attached hydrogens (tertiary/aromatic N) is 4. The van der Waals surface area contributed by atoms with Crippen LogP contribution in [0.4, 0.5) is 0 Å². The molecule has 1 aliphatic rings. The molecule has 0 spiro atoms. The summed E-state index contributed by atoms with van der Waals surface area (Å²) in [6.45, 7) is 8.28. The molecule has 0 aliphatic carbocycles. The maximum Gasteiger partial charge on any atom is 0.243 e. The highest BCUT2D eigenvalue weighted by Gasteiger charge is 2.29. The van der Waals surface area contributed by atoms with Gasteiger partial charge in [0.25, 0.3) is 0 Å². The number of hydrogen-bond acceptors (Lipinski definition) is 7. The van der Waals surface area contributed by atoms with Crippen molar-refractivity contribution in [2.75, 3.05) is 19.7 Å². The first kappa shape index (κ1) is 13.7. The minimum Gasteiger partial charge on any atom is -0.368 e. The van der Waals surface area contributed by atoms with Crippen LogP contribution in [0.15, 0.2) is 9.90 Å². The van der Waals surface area contributed by atoms with Crippen LogP contribution >= 0.6 is 11.3 Å². The third-order valence-corrected chi connectivity index (χ3v) is 4.51. The summed E-state index contributed by atoms with van der Waals surface area (Å²) < 4.78 is 11.1. The topological polar surface area (TPSA) is 64.3 Å². The van der Waals surface area contributed by atoms with Gasteiger partial charge in [-0.1, -0.05) is 5.16 Å². The zero-order chi connectivity index (χ0) is 14.1. The highest BCUT2D eigenvalue weighted by atomic mass is 32.1. The van der Waals surface area contributed by atoms with Gasteiger partial charge in [-0.2, -0.15) is 4.98 Å². The van der Waals surface area contributed by atoms with E-state index in [0.717, 1.165) is 23.8 Å². The van der Waals surface area contributed by atoms with E-state index < -0.39 is 0 Å². The molecule has 0 bridgehead atoms. The Labute approximate surface area is 121 Å². The van der Waals surface area contributed by atoms with E-state index in [1.807, 2.05) is 13.8 Å². The lowest BCUT2D eigenvalue weighted by molar-refractivity contribution is -0.0470. The largest absolute Gasteiger partial charge is 0.368 e. The Hall–Kier alpha value is -1.31. The fourth-order valence-corrected chi connectivity index (χ4v) is 3.16. The highest BCUT2D eigenvalue weighted by molar-refractivity contribution is 7.09. The van der Waals surface area contributed by atoms with Crippen LogP contribution in [0.2, 0.25) is 0 Å². The first-order chi connectivity index (χ1) is 9.63. The normalized spacial score (nSPS) is 22.1. The summed E-state index contributed by atoms with van der Waals surface area (Å²) in [6, 6.07) is 0.101. The van der Waals surface area contributed by atoms with Gasteiger partial charge in [0.05, 0.1) is 12.6 Å². The molecule has 0 unspecified atom stereocenters. The van der Waals surface area contributed by atoms with Crippen LogP contribution in [0, 0.1) is 13.8 Å². The summed E-state index contributed by atoms with van der Waals surface area (Å²) in [5.74, 6) is 1.34. The number of aromatic nitrogens is 3. The Bertz CT molecular complexity index is 544. The second-order valence-electron chi connectivity index (χ2n) is 5.04. The number of hydrogen-bond donors (Lipinski definition) is 0. The fourth-order valence-electron chi connectivity index (χ4n) is 2.33. The van der Waals surface area contributed by atoms with Gasteiger partial charge in [-0.15, -0.1) is 11.3 Å². The van der Waals surface area contributed by atoms with Crippen molar-refractivity contribution in [1.29, 1.82) is 0 Å². The Morgan fingerprint density at radius 1 is 1.40 bits per heavy atom. The van der Waals surface area contributed by atoms with Gasteiger partial charge < -0.3 is 9.26 Å². The molecular weight excluding hydrogens is 276 g/mol. The molecule has 0 N–H and O–H groups in total. The maximum atomic E-state index is 5.84. The fraction of sp³-hybridized carbons (Fsp3) is 0.615. The molecule has 1 aliphatic heterocycles. The number of thiazole rings is 1. The Morgan fingerprint density at radius 3 is 2.90 bits per heavy atom. The second kappa shape index (κ2) is 5.59. The van der Waals surface area contributed by atoms with Crippen molar-refractivity contribution < 1.29 is 9.26 Å². The highest BCUT2D eigenvalue weighted by Crippen LogP contribution is 2.29. The Kier molecular flexibility index (Phi) is 3.82. The predicted octanol–water partition coefficient (Wildman–Crippen LogP) is 2.28. The molecule has 20 heavy (non-hydrogen) atoms. The van der Waals surface area contributed by atoms with E-state index in [9.17, 15) is 0 Å². The monoisotopic (exact) mass is 294 g/mol. The molecule has 2 aromatic heterocycles. The maximum absolute atomic E-state index is 5.84. The van der Waals surface area contributed by atoms with Crippen LogP contribution in [0.1, 0.15) is 41.5 Å². The minimum absolute atomic E-state index is 0.0360. The first-order valence-corrected chi connectivity index (χ1v) is 7.59. The Balaban J connectivity index is 1.71. The van der Waals surface area contributed by atoms with Gasteiger partial charge in [0.2, 0.25) is 5.89 Å². The molecule has 0 aromatic carbocycles. The van der Waals surface area contributed by atoms with Crippen molar-refractivity contribution >= 4 is 11.3 Å². The van der Waals surface area contributed by atoms with Crippen molar-refractivity contribution in [2.24, 2.45) is 0 Å². The lowest BCUT2D eigenvalue weighted by Crippen LogP contribution is -2.40. The molecular formula is C13H18N4O2S. The third-order valence-electron chi connectivity index (χ3n) is 3.46. The third kappa shape index (κ3) is 2.74. The molecule has 1 fully saturated rings. The van der Waals surface area contributed by atoms with Crippen LogP contribution in [0.3, 0.4) is 0 Å². The molecule has 1 saturated heterocycles. The lowest BCUT2D eigenvalue weighted by atomic mass is 10.2. The molecule has 2 aromatic rings. The van der Waals surface area contributed by atoms with Crippen LogP contribution < -0.4 is 0 Å². The molecule has 7 heteroatoms. The van der Waals surface area contributed by atoms with Crippen molar-refractivity contribution in [3.05, 3.63) is 27.8 Å². The smallest absolute Gasteiger partial charge is 0.243 e. The van der Waals surface area contributed by atoms with E-state index in [1.54, 1.807) is 11.3 Å². The van der Waals surface area contributed by atoms with Crippen molar-refractivity contribution in [3.63, 3.8) is 0 Å². The van der Waals surface area contributed by atoms with Gasteiger partial charge in [0.15, 0.2) is 5.82 Å². The molecule has 0 saturated carbocycles. The number of morpholine rings is 1. The van der Waals surface area contributed by atoms with Crippen LogP contribution in [0.25, 0.3) is 0 Å². The molecule has 108 valence electrons. The number of ether oxygens (including phenoxy) is 1. The quantitative estimate of drug-likeness (QED) is 0.865. The summed E-state index contributed by atoms with van der Waals surface area (Å²) in [7, 11) is 0. The van der Waals surface area contributed by atoms with Crippen molar-refractivity contribution in [1.82, 2.24) is 20.0 Å². The van der Waals surface area contributed by atoms with Crippen molar-refractivity contribution in [2.45, 2.75) is 32.9 Å². The minimum atomic E-state index is 0.0360. The van der Waals surface area contributed by atoms with Crippen LogP contribution in [0.5, 0.6) is 0 Å². The summed E-state index contributed by atoms with van der Waals surface area (Å²) in [6.07, 6.45) is 0.0360. The average molecular weight is 294 g/mol. The number of rotatable bonds is 3. The zero-order valence-electron chi connectivity index (χ0n) is 11.9. The SMILES string of the molecule is Cc1csc([C@H]2CN([C@@H](C)c3nc(C)no3)CCO2)n1. The molecule has 3 heterocycles. The predicted molar refractivity (Wildman–Crippen MR) is 74.6 cm³/mol. The van der Waals surface area contributed by atoms with Crippen LogP contribution in [-0.4, -0.2) is 39.7 Å². The standard InChI is InChI=1S/C13H18N4O2S/c1-8-7-20-13(14-8)11-6-17(4-5-18-11)9(2)12-15-10(3)16-19-12/h7,9,11H,4-6H2,1-3H3/t9-,11+/m0/s1. The van der Waals surface area contributed by atoms with Gasteiger partial charge in [0.1, 0.15) is 11.1 Å². The van der Waals surface area contributed by atoms with Gasteiger partial charge in [-0.3, -0.25) is 4.90 Å². The van der Waals surface area contributed by atoms with E-state index >= 15 is 0 Å².